The molecule has 0 spiro atoms. The van der Waals surface area contributed by atoms with Crippen LogP contribution in [0, 0.1) is 12.7 Å². The maximum atomic E-state index is 12.9. The highest BCUT2D eigenvalue weighted by atomic mass is 79.9. The number of hydrogen-bond acceptors (Lipinski definition) is 2. The summed E-state index contributed by atoms with van der Waals surface area (Å²) in [6.07, 6.45) is 2.85. The van der Waals surface area contributed by atoms with Gasteiger partial charge in [0.25, 0.3) is 0 Å². The van der Waals surface area contributed by atoms with Crippen LogP contribution in [-0.2, 0) is 6.54 Å². The summed E-state index contributed by atoms with van der Waals surface area (Å²) in [6, 6.07) is 7.46. The first kappa shape index (κ1) is 12.0. The third-order valence-corrected chi connectivity index (χ3v) is 3.49. The molecule has 2 nitrogen and oxygen atoms in total. The molecule has 0 saturated carbocycles. The summed E-state index contributed by atoms with van der Waals surface area (Å²) in [7, 11) is 0. The van der Waals surface area contributed by atoms with Crippen molar-refractivity contribution in [3.8, 4) is 0 Å². The number of rotatable bonds is 3. The molecule has 17 heavy (non-hydrogen) atoms. The average molecular weight is 295 g/mol. The van der Waals surface area contributed by atoms with E-state index in [0.29, 0.717) is 6.54 Å². The van der Waals surface area contributed by atoms with Crippen molar-refractivity contribution in [2.24, 2.45) is 0 Å². The van der Waals surface area contributed by atoms with E-state index in [1.165, 1.54) is 12.3 Å². The SMILES string of the molecule is Cc1cccc(NCc2cncc(F)c2)c1Br. The van der Waals surface area contributed by atoms with Crippen LogP contribution in [-0.4, -0.2) is 4.98 Å². The lowest BCUT2D eigenvalue weighted by Crippen LogP contribution is -2.01. The van der Waals surface area contributed by atoms with Crippen molar-refractivity contribution in [2.75, 3.05) is 5.32 Å². The number of aryl methyl sites for hydroxylation is 1. The highest BCUT2D eigenvalue weighted by Gasteiger charge is 2.02. The molecule has 0 aliphatic carbocycles. The van der Waals surface area contributed by atoms with Crippen molar-refractivity contribution < 1.29 is 4.39 Å². The van der Waals surface area contributed by atoms with Crippen LogP contribution in [0.1, 0.15) is 11.1 Å². The molecule has 1 aromatic carbocycles. The second kappa shape index (κ2) is 5.27. The minimum Gasteiger partial charge on any atom is -0.380 e. The Morgan fingerprint density at radius 3 is 2.94 bits per heavy atom. The van der Waals surface area contributed by atoms with Crippen LogP contribution in [0.3, 0.4) is 0 Å². The molecular formula is C13H12BrFN2. The quantitative estimate of drug-likeness (QED) is 0.928. The molecule has 0 unspecified atom stereocenters. The van der Waals surface area contributed by atoms with Crippen molar-refractivity contribution in [1.82, 2.24) is 4.98 Å². The first-order valence-corrected chi connectivity index (χ1v) is 6.04. The van der Waals surface area contributed by atoms with Crippen molar-refractivity contribution >= 4 is 21.6 Å². The molecule has 0 amide bonds. The lowest BCUT2D eigenvalue weighted by molar-refractivity contribution is 0.619. The number of anilines is 1. The smallest absolute Gasteiger partial charge is 0.141 e. The Kier molecular flexibility index (Phi) is 3.74. The van der Waals surface area contributed by atoms with Crippen LogP contribution < -0.4 is 5.32 Å². The summed E-state index contributed by atoms with van der Waals surface area (Å²) < 4.78 is 14.0. The topological polar surface area (TPSA) is 24.9 Å². The monoisotopic (exact) mass is 294 g/mol. The van der Waals surface area contributed by atoms with Gasteiger partial charge in [0.1, 0.15) is 5.82 Å². The van der Waals surface area contributed by atoms with Gasteiger partial charge in [-0.1, -0.05) is 12.1 Å². The normalized spacial score (nSPS) is 10.3. The molecule has 2 rings (SSSR count). The predicted octanol–water partition coefficient (Wildman–Crippen LogP) is 3.90. The predicted molar refractivity (Wildman–Crippen MR) is 70.4 cm³/mol. The average Bonchev–Trinajstić information content (AvgIpc) is 2.31. The van der Waals surface area contributed by atoms with Crippen LogP contribution in [0.15, 0.2) is 41.1 Å². The standard InChI is InChI=1S/C13H12BrFN2/c1-9-3-2-4-12(13(9)14)17-7-10-5-11(15)8-16-6-10/h2-6,8,17H,7H2,1H3. The Bertz CT molecular complexity index is 529. The molecule has 1 aromatic heterocycles. The molecular weight excluding hydrogens is 283 g/mol. The third-order valence-electron chi connectivity index (χ3n) is 2.44. The zero-order valence-electron chi connectivity index (χ0n) is 9.37. The molecule has 0 atom stereocenters. The summed E-state index contributed by atoms with van der Waals surface area (Å²) >= 11 is 3.52. The number of nitrogens with zero attached hydrogens (tertiary/aromatic N) is 1. The van der Waals surface area contributed by atoms with Gasteiger partial charge in [-0.2, -0.15) is 0 Å². The van der Waals surface area contributed by atoms with E-state index in [2.05, 4.69) is 26.2 Å². The van der Waals surface area contributed by atoms with Crippen molar-refractivity contribution in [1.29, 1.82) is 0 Å². The van der Waals surface area contributed by atoms with Crippen LogP contribution in [0.5, 0.6) is 0 Å². The van der Waals surface area contributed by atoms with Crippen molar-refractivity contribution in [3.63, 3.8) is 0 Å². The van der Waals surface area contributed by atoms with Gasteiger partial charge in [-0.3, -0.25) is 4.98 Å². The number of aromatic nitrogens is 1. The maximum Gasteiger partial charge on any atom is 0.141 e. The highest BCUT2D eigenvalue weighted by Crippen LogP contribution is 2.26. The van der Waals surface area contributed by atoms with Crippen molar-refractivity contribution in [3.05, 3.63) is 58.1 Å². The van der Waals surface area contributed by atoms with E-state index >= 15 is 0 Å². The van der Waals surface area contributed by atoms with Crippen LogP contribution >= 0.6 is 15.9 Å². The lowest BCUT2D eigenvalue weighted by atomic mass is 10.2. The van der Waals surface area contributed by atoms with E-state index in [0.717, 1.165) is 21.3 Å². The molecule has 88 valence electrons. The maximum absolute atomic E-state index is 12.9. The van der Waals surface area contributed by atoms with Gasteiger partial charge in [0, 0.05) is 22.9 Å². The molecule has 1 N–H and O–H groups in total. The zero-order chi connectivity index (χ0) is 12.3. The second-order valence-corrected chi connectivity index (χ2v) is 4.59. The third kappa shape index (κ3) is 3.03. The van der Waals surface area contributed by atoms with Gasteiger partial charge in [0.05, 0.1) is 6.20 Å². The Balaban J connectivity index is 2.10. The number of benzene rings is 1. The Hall–Kier alpha value is -1.42. The fourth-order valence-electron chi connectivity index (χ4n) is 1.53. The van der Waals surface area contributed by atoms with E-state index in [9.17, 15) is 4.39 Å². The molecule has 0 aliphatic rings. The summed E-state index contributed by atoms with van der Waals surface area (Å²) in [5.74, 6) is -0.312. The number of pyridine rings is 1. The van der Waals surface area contributed by atoms with Gasteiger partial charge in [0.2, 0.25) is 0 Å². The summed E-state index contributed by atoms with van der Waals surface area (Å²) in [5, 5.41) is 3.24. The van der Waals surface area contributed by atoms with E-state index in [4.69, 9.17) is 0 Å². The lowest BCUT2D eigenvalue weighted by Gasteiger charge is -2.10. The molecule has 0 aliphatic heterocycles. The van der Waals surface area contributed by atoms with Gasteiger partial charge in [-0.05, 0) is 46.1 Å². The summed E-state index contributed by atoms with van der Waals surface area (Å²) in [4.78, 5) is 3.81. The minimum absolute atomic E-state index is 0.312. The fourth-order valence-corrected chi connectivity index (χ4v) is 1.94. The molecule has 0 radical (unpaired) electrons. The van der Waals surface area contributed by atoms with Crippen LogP contribution in [0.25, 0.3) is 0 Å². The summed E-state index contributed by atoms with van der Waals surface area (Å²) in [6.45, 7) is 2.58. The van der Waals surface area contributed by atoms with Crippen LogP contribution in [0.4, 0.5) is 10.1 Å². The van der Waals surface area contributed by atoms with E-state index in [1.54, 1.807) is 6.20 Å². The van der Waals surface area contributed by atoms with Gasteiger partial charge in [-0.25, -0.2) is 4.39 Å². The molecule has 0 fully saturated rings. The van der Waals surface area contributed by atoms with Gasteiger partial charge >= 0.3 is 0 Å². The molecule has 2 aromatic rings. The number of hydrogen-bond donors (Lipinski definition) is 1. The molecule has 0 bridgehead atoms. The Morgan fingerprint density at radius 2 is 2.18 bits per heavy atom. The van der Waals surface area contributed by atoms with E-state index in [-0.39, 0.29) is 5.82 Å². The Morgan fingerprint density at radius 1 is 1.35 bits per heavy atom. The molecule has 0 saturated heterocycles. The fraction of sp³-hybridized carbons (Fsp3) is 0.154. The first-order valence-electron chi connectivity index (χ1n) is 5.25. The van der Waals surface area contributed by atoms with E-state index < -0.39 is 0 Å². The minimum atomic E-state index is -0.312. The first-order chi connectivity index (χ1) is 8.16. The van der Waals surface area contributed by atoms with Crippen molar-refractivity contribution in [2.45, 2.75) is 13.5 Å². The highest BCUT2D eigenvalue weighted by molar-refractivity contribution is 9.10. The number of halogens is 2. The molecule has 4 heteroatoms. The van der Waals surface area contributed by atoms with Gasteiger partial charge < -0.3 is 5.32 Å². The summed E-state index contributed by atoms with van der Waals surface area (Å²) in [5.41, 5.74) is 2.97. The zero-order valence-corrected chi connectivity index (χ0v) is 11.0. The van der Waals surface area contributed by atoms with E-state index in [1.807, 2.05) is 25.1 Å². The van der Waals surface area contributed by atoms with Crippen LogP contribution in [0.2, 0.25) is 0 Å². The molecule has 1 heterocycles. The number of nitrogens with one attached hydrogen (secondary N) is 1. The van der Waals surface area contributed by atoms with Gasteiger partial charge in [0.15, 0.2) is 0 Å². The largest absolute Gasteiger partial charge is 0.380 e. The Labute approximate surface area is 108 Å². The van der Waals surface area contributed by atoms with Gasteiger partial charge in [-0.15, -0.1) is 0 Å². The second-order valence-electron chi connectivity index (χ2n) is 3.80.